The Morgan fingerprint density at radius 2 is 1.82 bits per heavy atom. The standard InChI is InChI=1S/C21H27ClF3N5O3S/c1-13-12-28(8-9-30(13)20-18(22)10-16(11-26-20)21(23,24)25)17-4-6-29(7-5-17)34(31,32)19-14(2)27-33-15(19)3/h10-11,13,17H,4-9,12H2,1-3H3. The number of piperazine rings is 1. The highest BCUT2D eigenvalue weighted by Crippen LogP contribution is 2.35. The number of aryl methyl sites for hydroxylation is 2. The van der Waals surface area contributed by atoms with Crippen molar-refractivity contribution in [2.75, 3.05) is 37.6 Å². The van der Waals surface area contributed by atoms with E-state index in [1.807, 2.05) is 11.8 Å². The molecule has 2 aliphatic rings. The third-order valence-electron chi connectivity index (χ3n) is 6.59. The Morgan fingerprint density at radius 1 is 1.15 bits per heavy atom. The van der Waals surface area contributed by atoms with Gasteiger partial charge in [-0.25, -0.2) is 13.4 Å². The van der Waals surface area contributed by atoms with Gasteiger partial charge in [0.1, 0.15) is 16.4 Å². The van der Waals surface area contributed by atoms with E-state index in [-0.39, 0.29) is 22.0 Å². The Bertz CT molecular complexity index is 1130. The number of anilines is 1. The number of aromatic nitrogens is 2. The summed E-state index contributed by atoms with van der Waals surface area (Å²) in [6, 6.07) is 1.12. The van der Waals surface area contributed by atoms with E-state index in [0.29, 0.717) is 62.8 Å². The Balaban J connectivity index is 1.38. The number of hydrogen-bond donors (Lipinski definition) is 0. The summed E-state index contributed by atoms with van der Waals surface area (Å²) in [5.41, 5.74) is -0.508. The van der Waals surface area contributed by atoms with Crippen LogP contribution in [0.5, 0.6) is 0 Å². The van der Waals surface area contributed by atoms with E-state index >= 15 is 0 Å². The smallest absolute Gasteiger partial charge is 0.360 e. The number of hydrogen-bond acceptors (Lipinski definition) is 7. The average Bonchev–Trinajstić information content (AvgIpc) is 3.12. The fourth-order valence-electron chi connectivity index (χ4n) is 4.85. The first-order valence-electron chi connectivity index (χ1n) is 11.1. The minimum atomic E-state index is -4.49. The second-order valence-corrected chi connectivity index (χ2v) is 11.1. The molecule has 1 atom stereocenters. The molecule has 0 spiro atoms. The number of halogens is 4. The molecule has 0 aromatic carbocycles. The van der Waals surface area contributed by atoms with Crippen molar-refractivity contribution in [1.82, 2.24) is 19.3 Å². The quantitative estimate of drug-likeness (QED) is 0.606. The van der Waals surface area contributed by atoms with Gasteiger partial charge in [-0.15, -0.1) is 0 Å². The third kappa shape index (κ3) is 4.77. The SMILES string of the molecule is Cc1noc(C)c1S(=O)(=O)N1CCC(N2CCN(c3ncc(C(F)(F)F)cc3Cl)C(C)C2)CC1. The number of piperidine rings is 1. The van der Waals surface area contributed by atoms with E-state index in [0.717, 1.165) is 12.3 Å². The summed E-state index contributed by atoms with van der Waals surface area (Å²) in [6.45, 7) is 7.93. The van der Waals surface area contributed by atoms with Crippen LogP contribution in [0.1, 0.15) is 36.8 Å². The Morgan fingerprint density at radius 3 is 2.35 bits per heavy atom. The molecule has 0 aliphatic carbocycles. The molecule has 2 aromatic heterocycles. The van der Waals surface area contributed by atoms with Gasteiger partial charge in [0, 0.05) is 51.0 Å². The molecule has 8 nitrogen and oxygen atoms in total. The van der Waals surface area contributed by atoms with E-state index in [4.69, 9.17) is 16.1 Å². The second-order valence-electron chi connectivity index (χ2n) is 8.85. The van der Waals surface area contributed by atoms with Gasteiger partial charge in [0.05, 0.1) is 10.6 Å². The van der Waals surface area contributed by atoms with Crippen LogP contribution < -0.4 is 4.90 Å². The first-order valence-corrected chi connectivity index (χ1v) is 12.9. The van der Waals surface area contributed by atoms with Gasteiger partial charge in [-0.2, -0.15) is 17.5 Å². The molecular weight excluding hydrogens is 495 g/mol. The monoisotopic (exact) mass is 521 g/mol. The Kier molecular flexibility index (Phi) is 6.89. The van der Waals surface area contributed by atoms with Crippen molar-refractivity contribution < 1.29 is 26.1 Å². The average molecular weight is 522 g/mol. The van der Waals surface area contributed by atoms with Crippen LogP contribution in [0.25, 0.3) is 0 Å². The second kappa shape index (κ2) is 9.29. The van der Waals surface area contributed by atoms with Crippen LogP contribution >= 0.6 is 11.6 Å². The van der Waals surface area contributed by atoms with E-state index in [2.05, 4.69) is 15.0 Å². The van der Waals surface area contributed by atoms with Gasteiger partial charge in [-0.1, -0.05) is 16.8 Å². The lowest BCUT2D eigenvalue weighted by molar-refractivity contribution is -0.137. The minimum Gasteiger partial charge on any atom is -0.360 e. The largest absolute Gasteiger partial charge is 0.417 e. The van der Waals surface area contributed by atoms with Gasteiger partial charge in [0.2, 0.25) is 10.0 Å². The maximum atomic E-state index is 13.1. The number of sulfonamides is 1. The molecule has 0 bridgehead atoms. The fraction of sp³-hybridized carbons (Fsp3) is 0.619. The lowest BCUT2D eigenvalue weighted by Gasteiger charge is -2.46. The van der Waals surface area contributed by atoms with Gasteiger partial charge in [-0.3, -0.25) is 4.90 Å². The topological polar surface area (TPSA) is 82.8 Å². The van der Waals surface area contributed by atoms with Crippen molar-refractivity contribution in [3.63, 3.8) is 0 Å². The Labute approximate surface area is 201 Å². The third-order valence-corrected chi connectivity index (χ3v) is 9.01. The molecule has 188 valence electrons. The minimum absolute atomic E-state index is 0.0143. The van der Waals surface area contributed by atoms with Crippen LogP contribution in [0, 0.1) is 13.8 Å². The van der Waals surface area contributed by atoms with Crippen LogP contribution in [0.4, 0.5) is 19.0 Å². The summed E-state index contributed by atoms with van der Waals surface area (Å²) in [6.07, 6.45) is -2.30. The van der Waals surface area contributed by atoms with Crippen molar-refractivity contribution in [3.05, 3.63) is 34.3 Å². The molecule has 34 heavy (non-hydrogen) atoms. The molecule has 4 rings (SSSR count). The van der Waals surface area contributed by atoms with Gasteiger partial charge >= 0.3 is 6.18 Å². The van der Waals surface area contributed by atoms with Crippen LogP contribution in [0.3, 0.4) is 0 Å². The molecule has 0 N–H and O–H groups in total. The van der Waals surface area contributed by atoms with Crippen LogP contribution in [0.15, 0.2) is 21.7 Å². The number of pyridine rings is 1. The van der Waals surface area contributed by atoms with Crippen molar-refractivity contribution in [3.8, 4) is 0 Å². The predicted molar refractivity (Wildman–Crippen MR) is 120 cm³/mol. The first kappa shape index (κ1) is 25.2. The van der Waals surface area contributed by atoms with Gasteiger partial charge in [-0.05, 0) is 39.7 Å². The molecule has 13 heteroatoms. The van der Waals surface area contributed by atoms with E-state index in [1.165, 1.54) is 4.31 Å². The van der Waals surface area contributed by atoms with E-state index in [1.54, 1.807) is 13.8 Å². The zero-order chi connectivity index (χ0) is 24.8. The molecule has 0 amide bonds. The highest BCUT2D eigenvalue weighted by Gasteiger charge is 2.37. The van der Waals surface area contributed by atoms with Crippen molar-refractivity contribution in [2.24, 2.45) is 0 Å². The fourth-order valence-corrected chi connectivity index (χ4v) is 6.88. The zero-order valence-electron chi connectivity index (χ0n) is 19.1. The maximum Gasteiger partial charge on any atom is 0.417 e. The molecule has 0 radical (unpaired) electrons. The molecule has 1 unspecified atom stereocenters. The Hall–Kier alpha value is -1.89. The summed E-state index contributed by atoms with van der Waals surface area (Å²) in [7, 11) is -3.66. The molecule has 2 aromatic rings. The summed E-state index contributed by atoms with van der Waals surface area (Å²) >= 11 is 6.15. The molecule has 2 saturated heterocycles. The summed E-state index contributed by atoms with van der Waals surface area (Å²) in [4.78, 5) is 8.39. The number of nitrogens with zero attached hydrogens (tertiary/aromatic N) is 5. The highest BCUT2D eigenvalue weighted by molar-refractivity contribution is 7.89. The maximum absolute atomic E-state index is 13.1. The van der Waals surface area contributed by atoms with Crippen LogP contribution in [0.2, 0.25) is 5.02 Å². The van der Waals surface area contributed by atoms with Crippen molar-refractivity contribution >= 4 is 27.4 Å². The summed E-state index contributed by atoms with van der Waals surface area (Å²) in [5.74, 6) is 0.641. The number of alkyl halides is 3. The first-order chi connectivity index (χ1) is 15.9. The molecule has 2 fully saturated rings. The van der Waals surface area contributed by atoms with E-state index in [9.17, 15) is 21.6 Å². The van der Waals surface area contributed by atoms with Gasteiger partial charge < -0.3 is 9.42 Å². The highest BCUT2D eigenvalue weighted by atomic mass is 35.5. The van der Waals surface area contributed by atoms with Crippen molar-refractivity contribution in [2.45, 2.75) is 56.8 Å². The zero-order valence-corrected chi connectivity index (χ0v) is 20.7. The molecule has 2 aliphatic heterocycles. The molecule has 0 saturated carbocycles. The van der Waals surface area contributed by atoms with Crippen LogP contribution in [-0.2, 0) is 16.2 Å². The normalized spacial score (nSPS) is 21.9. The summed E-state index contributed by atoms with van der Waals surface area (Å²) in [5, 5.41) is 3.74. The molecular formula is C21H27ClF3N5O3S. The number of rotatable bonds is 4. The molecule has 4 heterocycles. The summed E-state index contributed by atoms with van der Waals surface area (Å²) < 4.78 is 71.4. The van der Waals surface area contributed by atoms with Crippen molar-refractivity contribution in [1.29, 1.82) is 0 Å². The lowest BCUT2D eigenvalue weighted by Crippen LogP contribution is -2.57. The predicted octanol–water partition coefficient (Wildman–Crippen LogP) is 3.72. The van der Waals surface area contributed by atoms with Crippen LogP contribution in [-0.4, -0.2) is 72.6 Å². The lowest BCUT2D eigenvalue weighted by atomic mass is 10.0. The van der Waals surface area contributed by atoms with E-state index < -0.39 is 21.8 Å². The van der Waals surface area contributed by atoms with Gasteiger partial charge in [0.25, 0.3) is 0 Å². The van der Waals surface area contributed by atoms with Gasteiger partial charge in [0.15, 0.2) is 5.76 Å².